The molecule has 2 atom stereocenters. The maximum absolute atomic E-state index is 11.6. The quantitative estimate of drug-likeness (QED) is 0.621. The number of ether oxygens (including phenoxy) is 2. The van der Waals surface area contributed by atoms with Crippen LogP contribution in [0, 0.1) is 0 Å². The first-order valence-electron chi connectivity index (χ1n) is 9.63. The van der Waals surface area contributed by atoms with E-state index in [4.69, 9.17) is 15.2 Å². The third-order valence-corrected chi connectivity index (χ3v) is 4.79. The first-order chi connectivity index (χ1) is 14.1. The standard InChI is InChI=1S/C23H23N3O3.ClH/c1-15(24)23(27)26-18-8-12-22(25-14-18)28-19-9-11-21-17(13-19)7-10-20(29-21)16-5-3-2-4-6-16;/h2-6,8-9,11-15,20H,7,10,24H2,1H3,(H,26,27);1H/t15?,20-;/m0./s1. The van der Waals surface area contributed by atoms with Crippen molar-refractivity contribution in [2.75, 3.05) is 5.32 Å². The number of hydrogen-bond donors (Lipinski definition) is 2. The first kappa shape index (κ1) is 21.6. The smallest absolute Gasteiger partial charge is 0.241 e. The summed E-state index contributed by atoms with van der Waals surface area (Å²) in [5.74, 6) is 1.77. The van der Waals surface area contributed by atoms with E-state index in [-0.39, 0.29) is 24.4 Å². The highest BCUT2D eigenvalue weighted by atomic mass is 35.5. The molecule has 0 spiro atoms. The minimum absolute atomic E-state index is 0. The Bertz CT molecular complexity index is 994. The van der Waals surface area contributed by atoms with E-state index in [1.54, 1.807) is 25.3 Å². The maximum atomic E-state index is 11.6. The number of benzene rings is 2. The summed E-state index contributed by atoms with van der Waals surface area (Å²) < 4.78 is 12.0. The molecule has 6 nitrogen and oxygen atoms in total. The van der Waals surface area contributed by atoms with Crippen LogP contribution in [0.5, 0.6) is 17.4 Å². The molecule has 1 aliphatic heterocycles. The van der Waals surface area contributed by atoms with Crippen LogP contribution in [0.15, 0.2) is 66.9 Å². The van der Waals surface area contributed by atoms with Gasteiger partial charge in [0, 0.05) is 6.07 Å². The second-order valence-electron chi connectivity index (χ2n) is 7.09. The van der Waals surface area contributed by atoms with Crippen molar-refractivity contribution < 1.29 is 14.3 Å². The lowest BCUT2D eigenvalue weighted by Crippen LogP contribution is -2.32. The molecule has 0 radical (unpaired) electrons. The number of nitrogens with zero attached hydrogens (tertiary/aromatic N) is 1. The number of carbonyl (C=O) groups is 1. The van der Waals surface area contributed by atoms with Crippen molar-refractivity contribution in [2.24, 2.45) is 5.73 Å². The molecule has 0 saturated carbocycles. The largest absolute Gasteiger partial charge is 0.485 e. The lowest BCUT2D eigenvalue weighted by Gasteiger charge is -2.26. The summed E-state index contributed by atoms with van der Waals surface area (Å²) in [5.41, 5.74) is 8.43. The number of amides is 1. The number of pyridine rings is 1. The molecular weight excluding hydrogens is 402 g/mol. The Hall–Kier alpha value is -3.09. The van der Waals surface area contributed by atoms with Crippen molar-refractivity contribution in [3.05, 3.63) is 78.0 Å². The van der Waals surface area contributed by atoms with Gasteiger partial charge in [-0.15, -0.1) is 12.4 Å². The van der Waals surface area contributed by atoms with Gasteiger partial charge in [-0.3, -0.25) is 4.79 Å². The number of nitrogens with one attached hydrogen (secondary N) is 1. The predicted octanol–water partition coefficient (Wildman–Crippen LogP) is 4.65. The Balaban J connectivity index is 0.00000256. The van der Waals surface area contributed by atoms with E-state index in [2.05, 4.69) is 22.4 Å². The number of nitrogens with two attached hydrogens (primary N) is 1. The molecule has 0 bridgehead atoms. The topological polar surface area (TPSA) is 86.5 Å². The summed E-state index contributed by atoms with van der Waals surface area (Å²) in [6.45, 7) is 1.63. The highest BCUT2D eigenvalue weighted by Crippen LogP contribution is 2.37. The van der Waals surface area contributed by atoms with Gasteiger partial charge < -0.3 is 20.5 Å². The molecule has 1 unspecified atom stereocenters. The number of anilines is 1. The van der Waals surface area contributed by atoms with Gasteiger partial charge in [0.05, 0.1) is 17.9 Å². The van der Waals surface area contributed by atoms with Crippen LogP contribution >= 0.6 is 12.4 Å². The maximum Gasteiger partial charge on any atom is 0.241 e. The third kappa shape index (κ3) is 5.09. The number of fused-ring (bicyclic) bond motifs is 1. The number of aryl methyl sites for hydroxylation is 1. The molecule has 3 N–H and O–H groups in total. The van der Waals surface area contributed by atoms with Crippen LogP contribution in [0.4, 0.5) is 5.69 Å². The van der Waals surface area contributed by atoms with E-state index >= 15 is 0 Å². The summed E-state index contributed by atoms with van der Waals surface area (Å²) in [7, 11) is 0. The van der Waals surface area contributed by atoms with Crippen LogP contribution in [-0.4, -0.2) is 16.9 Å². The monoisotopic (exact) mass is 425 g/mol. The van der Waals surface area contributed by atoms with Crippen LogP contribution in [0.1, 0.15) is 30.6 Å². The summed E-state index contributed by atoms with van der Waals surface area (Å²) in [6, 6.07) is 18.9. The number of carbonyl (C=O) groups excluding carboxylic acids is 1. The Morgan fingerprint density at radius 2 is 2.00 bits per heavy atom. The highest BCUT2D eigenvalue weighted by molar-refractivity contribution is 5.94. The molecule has 3 aromatic rings. The van der Waals surface area contributed by atoms with Crippen molar-refractivity contribution >= 4 is 24.0 Å². The second kappa shape index (κ2) is 9.61. The van der Waals surface area contributed by atoms with E-state index in [1.807, 2.05) is 36.4 Å². The Kier molecular flexibility index (Phi) is 6.92. The molecule has 0 fully saturated rings. The van der Waals surface area contributed by atoms with Crippen molar-refractivity contribution in [1.29, 1.82) is 0 Å². The molecule has 156 valence electrons. The van der Waals surface area contributed by atoms with Crippen molar-refractivity contribution in [2.45, 2.75) is 31.9 Å². The SMILES string of the molecule is CC(N)C(=O)Nc1ccc(Oc2ccc3c(c2)CC[C@@H](c2ccccc2)O3)nc1.Cl. The molecule has 0 saturated heterocycles. The Labute approximate surface area is 181 Å². The van der Waals surface area contributed by atoms with Gasteiger partial charge in [-0.05, 0) is 55.2 Å². The minimum atomic E-state index is -0.579. The molecule has 30 heavy (non-hydrogen) atoms. The second-order valence-corrected chi connectivity index (χ2v) is 7.09. The number of hydrogen-bond acceptors (Lipinski definition) is 5. The van der Waals surface area contributed by atoms with E-state index < -0.39 is 6.04 Å². The molecule has 1 aliphatic rings. The van der Waals surface area contributed by atoms with Crippen molar-refractivity contribution in [3.63, 3.8) is 0 Å². The van der Waals surface area contributed by atoms with Gasteiger partial charge in [0.25, 0.3) is 0 Å². The van der Waals surface area contributed by atoms with Crippen molar-refractivity contribution in [1.82, 2.24) is 4.98 Å². The average Bonchev–Trinajstić information content (AvgIpc) is 2.75. The lowest BCUT2D eigenvalue weighted by molar-refractivity contribution is -0.117. The normalized spacial score (nSPS) is 15.7. The Morgan fingerprint density at radius 3 is 2.70 bits per heavy atom. The van der Waals surface area contributed by atoms with Crippen LogP contribution in [0.3, 0.4) is 0 Å². The van der Waals surface area contributed by atoms with E-state index in [0.29, 0.717) is 17.3 Å². The van der Waals surface area contributed by atoms with E-state index in [1.165, 1.54) is 5.56 Å². The van der Waals surface area contributed by atoms with Crippen LogP contribution in [0.25, 0.3) is 0 Å². The molecular formula is C23H24ClN3O3. The fourth-order valence-corrected chi connectivity index (χ4v) is 3.22. The predicted molar refractivity (Wildman–Crippen MR) is 118 cm³/mol. The summed E-state index contributed by atoms with van der Waals surface area (Å²) in [6.07, 6.45) is 3.46. The first-order valence-corrected chi connectivity index (χ1v) is 9.63. The van der Waals surface area contributed by atoms with Crippen LogP contribution in [-0.2, 0) is 11.2 Å². The van der Waals surface area contributed by atoms with Gasteiger partial charge in [0.2, 0.25) is 11.8 Å². The van der Waals surface area contributed by atoms with Crippen molar-refractivity contribution in [3.8, 4) is 17.4 Å². The molecule has 1 amide bonds. The average molecular weight is 426 g/mol. The molecule has 7 heteroatoms. The molecule has 4 rings (SSSR count). The lowest BCUT2D eigenvalue weighted by atomic mass is 9.97. The highest BCUT2D eigenvalue weighted by Gasteiger charge is 2.21. The molecule has 2 heterocycles. The number of aromatic nitrogens is 1. The number of rotatable bonds is 5. The van der Waals surface area contributed by atoms with Crippen LogP contribution in [0.2, 0.25) is 0 Å². The van der Waals surface area contributed by atoms with Gasteiger partial charge in [-0.2, -0.15) is 0 Å². The fraction of sp³-hybridized carbons (Fsp3) is 0.217. The Morgan fingerprint density at radius 1 is 1.20 bits per heavy atom. The van der Waals surface area contributed by atoms with E-state index in [9.17, 15) is 4.79 Å². The van der Waals surface area contributed by atoms with E-state index in [0.717, 1.165) is 24.2 Å². The van der Waals surface area contributed by atoms with Gasteiger partial charge in [-0.25, -0.2) is 4.98 Å². The molecule has 1 aromatic heterocycles. The summed E-state index contributed by atoms with van der Waals surface area (Å²) >= 11 is 0. The van der Waals surface area contributed by atoms with Gasteiger partial charge in [-0.1, -0.05) is 30.3 Å². The van der Waals surface area contributed by atoms with Gasteiger partial charge in [0.1, 0.15) is 17.6 Å². The zero-order chi connectivity index (χ0) is 20.2. The fourth-order valence-electron chi connectivity index (χ4n) is 3.22. The minimum Gasteiger partial charge on any atom is -0.485 e. The van der Waals surface area contributed by atoms with Crippen LogP contribution < -0.4 is 20.5 Å². The van der Waals surface area contributed by atoms with Gasteiger partial charge in [0.15, 0.2) is 0 Å². The summed E-state index contributed by atoms with van der Waals surface area (Å²) in [5, 5.41) is 2.69. The number of halogens is 1. The zero-order valence-corrected chi connectivity index (χ0v) is 17.4. The zero-order valence-electron chi connectivity index (χ0n) is 16.6. The summed E-state index contributed by atoms with van der Waals surface area (Å²) in [4.78, 5) is 15.9. The molecule has 2 aromatic carbocycles. The third-order valence-electron chi connectivity index (χ3n) is 4.79. The molecule has 0 aliphatic carbocycles. The van der Waals surface area contributed by atoms with Gasteiger partial charge >= 0.3 is 0 Å².